The van der Waals surface area contributed by atoms with Crippen molar-refractivity contribution in [3.05, 3.63) is 29.8 Å². The molecule has 1 aromatic rings. The molecule has 1 N–H and O–H groups in total. The average Bonchev–Trinajstić information content (AvgIpc) is 2.74. The van der Waals surface area contributed by atoms with Crippen molar-refractivity contribution < 1.29 is 19.0 Å². The van der Waals surface area contributed by atoms with Gasteiger partial charge >= 0.3 is 5.97 Å². The van der Waals surface area contributed by atoms with Crippen molar-refractivity contribution >= 4 is 5.97 Å². The van der Waals surface area contributed by atoms with Gasteiger partial charge in [-0.15, -0.1) is 0 Å². The second-order valence-electron chi connectivity index (χ2n) is 4.42. The van der Waals surface area contributed by atoms with Crippen LogP contribution in [0, 0.1) is 11.7 Å². The molecule has 5 heteroatoms. The molecule has 16 heavy (non-hydrogen) atoms. The number of pyridine rings is 1. The molecule has 2 bridgehead atoms. The maximum atomic E-state index is 13.1. The molecule has 0 amide bonds. The van der Waals surface area contributed by atoms with Crippen LogP contribution in [0.25, 0.3) is 0 Å². The molecule has 1 aromatic heterocycles. The van der Waals surface area contributed by atoms with Crippen LogP contribution in [0.4, 0.5) is 4.39 Å². The Morgan fingerprint density at radius 3 is 3.06 bits per heavy atom. The zero-order valence-electron chi connectivity index (χ0n) is 8.39. The van der Waals surface area contributed by atoms with E-state index in [-0.39, 0.29) is 6.10 Å². The molecule has 3 atom stereocenters. The van der Waals surface area contributed by atoms with E-state index in [9.17, 15) is 9.18 Å². The Hall–Kier alpha value is -1.49. The molecule has 1 saturated carbocycles. The van der Waals surface area contributed by atoms with E-state index in [1.165, 1.54) is 12.3 Å². The number of carboxylic acid groups (broad SMARTS) is 1. The third-order valence-corrected chi connectivity index (χ3v) is 3.63. The SMILES string of the molecule is O=C(O)[C@@H]1[C@H]2C[C@]1(c1cncc(F)c1)CO2. The first kappa shape index (κ1) is 9.72. The van der Waals surface area contributed by atoms with Gasteiger partial charge in [0.05, 0.1) is 24.8 Å². The van der Waals surface area contributed by atoms with Gasteiger partial charge in [-0.25, -0.2) is 4.39 Å². The summed E-state index contributed by atoms with van der Waals surface area (Å²) in [7, 11) is 0. The minimum atomic E-state index is -0.877. The van der Waals surface area contributed by atoms with Gasteiger partial charge in [-0.3, -0.25) is 9.78 Å². The largest absolute Gasteiger partial charge is 0.481 e. The highest BCUT2D eigenvalue weighted by atomic mass is 19.1. The Balaban J connectivity index is 2.03. The third-order valence-electron chi connectivity index (χ3n) is 3.63. The Morgan fingerprint density at radius 2 is 2.44 bits per heavy atom. The van der Waals surface area contributed by atoms with E-state index in [1.54, 1.807) is 0 Å². The number of aliphatic carboxylic acids is 1. The highest BCUT2D eigenvalue weighted by Crippen LogP contribution is 2.56. The molecule has 0 spiro atoms. The number of halogens is 1. The standard InChI is InChI=1S/C11H10FNO3/c12-7-1-6(3-13-4-7)11-2-8(16-5-11)9(11)10(14)15/h1,3-4,8-9H,2,5H2,(H,14,15)/t8-,9+,11-/m1/s1. The smallest absolute Gasteiger partial charge is 0.310 e. The van der Waals surface area contributed by atoms with Crippen molar-refractivity contribution in [2.45, 2.75) is 17.9 Å². The van der Waals surface area contributed by atoms with Gasteiger partial charge < -0.3 is 9.84 Å². The molecular formula is C11H10FNO3. The lowest BCUT2D eigenvalue weighted by molar-refractivity contribution is -0.150. The second kappa shape index (κ2) is 3.01. The maximum Gasteiger partial charge on any atom is 0.310 e. The number of hydrogen-bond acceptors (Lipinski definition) is 3. The third kappa shape index (κ3) is 1.06. The Morgan fingerprint density at radius 1 is 1.62 bits per heavy atom. The highest BCUT2D eigenvalue weighted by Gasteiger charge is 2.65. The molecular weight excluding hydrogens is 213 g/mol. The lowest BCUT2D eigenvalue weighted by atomic mass is 9.58. The van der Waals surface area contributed by atoms with Crippen molar-refractivity contribution in [1.29, 1.82) is 0 Å². The zero-order chi connectivity index (χ0) is 11.3. The van der Waals surface area contributed by atoms with Crippen LogP contribution in [-0.4, -0.2) is 28.8 Å². The van der Waals surface area contributed by atoms with Crippen LogP contribution in [0.3, 0.4) is 0 Å². The lowest BCUT2D eigenvalue weighted by Gasteiger charge is -2.42. The summed E-state index contributed by atoms with van der Waals surface area (Å²) < 4.78 is 18.5. The van der Waals surface area contributed by atoms with Crippen LogP contribution in [0.15, 0.2) is 18.5 Å². The summed E-state index contributed by atoms with van der Waals surface area (Å²) in [6, 6.07) is 1.36. The molecule has 2 aliphatic heterocycles. The number of fused-ring (bicyclic) bond motifs is 1. The van der Waals surface area contributed by atoms with E-state index in [0.717, 1.165) is 6.20 Å². The van der Waals surface area contributed by atoms with E-state index in [4.69, 9.17) is 9.84 Å². The van der Waals surface area contributed by atoms with E-state index >= 15 is 0 Å². The highest BCUT2D eigenvalue weighted by molar-refractivity contribution is 5.76. The topological polar surface area (TPSA) is 59.4 Å². The lowest BCUT2D eigenvalue weighted by Crippen LogP contribution is -2.52. The van der Waals surface area contributed by atoms with Crippen molar-refractivity contribution in [2.24, 2.45) is 5.92 Å². The number of ether oxygens (including phenoxy) is 1. The van der Waals surface area contributed by atoms with E-state index in [1.807, 2.05) is 0 Å². The number of rotatable bonds is 2. The fraction of sp³-hybridized carbons (Fsp3) is 0.455. The van der Waals surface area contributed by atoms with Gasteiger partial charge in [0.15, 0.2) is 0 Å². The molecule has 3 fully saturated rings. The summed E-state index contributed by atoms with van der Waals surface area (Å²) in [6.07, 6.45) is 3.07. The van der Waals surface area contributed by atoms with Crippen LogP contribution in [-0.2, 0) is 14.9 Å². The summed E-state index contributed by atoms with van der Waals surface area (Å²) in [5.41, 5.74) is 0.0691. The zero-order valence-corrected chi connectivity index (χ0v) is 8.39. The average molecular weight is 223 g/mol. The van der Waals surface area contributed by atoms with Crippen LogP contribution < -0.4 is 0 Å². The molecule has 0 radical (unpaired) electrons. The predicted octanol–water partition coefficient (Wildman–Crippen LogP) is 0.962. The minimum Gasteiger partial charge on any atom is -0.481 e. The first-order chi connectivity index (χ1) is 7.63. The van der Waals surface area contributed by atoms with Crippen molar-refractivity contribution in [3.63, 3.8) is 0 Å². The molecule has 0 unspecified atom stereocenters. The number of carboxylic acids is 1. The van der Waals surface area contributed by atoms with Crippen molar-refractivity contribution in [2.75, 3.05) is 6.61 Å². The van der Waals surface area contributed by atoms with Crippen molar-refractivity contribution in [1.82, 2.24) is 4.98 Å². The van der Waals surface area contributed by atoms with Gasteiger partial charge in [-0.05, 0) is 18.1 Å². The summed E-state index contributed by atoms with van der Waals surface area (Å²) in [5, 5.41) is 9.12. The summed E-state index contributed by atoms with van der Waals surface area (Å²) >= 11 is 0. The van der Waals surface area contributed by atoms with E-state index in [0.29, 0.717) is 18.6 Å². The Kier molecular flexibility index (Phi) is 1.83. The summed E-state index contributed by atoms with van der Waals surface area (Å²) in [5.74, 6) is -1.87. The van der Waals surface area contributed by atoms with E-state index in [2.05, 4.69) is 4.98 Å². The molecule has 84 valence electrons. The molecule has 4 nitrogen and oxygen atoms in total. The Labute approximate surface area is 91.1 Å². The van der Waals surface area contributed by atoms with Crippen LogP contribution in [0.2, 0.25) is 0 Å². The Bertz CT molecular complexity index is 460. The van der Waals surface area contributed by atoms with Gasteiger partial charge in [0, 0.05) is 11.6 Å². The molecule has 4 rings (SSSR count). The van der Waals surface area contributed by atoms with E-state index < -0.39 is 23.1 Å². The number of nitrogens with zero attached hydrogens (tertiary/aromatic N) is 1. The quantitative estimate of drug-likeness (QED) is 0.811. The first-order valence-electron chi connectivity index (χ1n) is 5.09. The second-order valence-corrected chi connectivity index (χ2v) is 4.42. The fourth-order valence-electron chi connectivity index (χ4n) is 2.82. The molecule has 2 saturated heterocycles. The number of aromatic nitrogens is 1. The molecule has 0 aromatic carbocycles. The van der Waals surface area contributed by atoms with Crippen molar-refractivity contribution in [3.8, 4) is 0 Å². The predicted molar refractivity (Wildman–Crippen MR) is 51.4 cm³/mol. The van der Waals surface area contributed by atoms with Crippen LogP contribution in [0.1, 0.15) is 12.0 Å². The fourth-order valence-corrected chi connectivity index (χ4v) is 2.82. The van der Waals surface area contributed by atoms with Gasteiger partial charge in [-0.2, -0.15) is 0 Å². The van der Waals surface area contributed by atoms with Crippen LogP contribution in [0.5, 0.6) is 0 Å². The summed E-state index contributed by atoms with van der Waals surface area (Å²) in [4.78, 5) is 14.9. The minimum absolute atomic E-state index is 0.222. The number of hydrogen-bond donors (Lipinski definition) is 1. The van der Waals surface area contributed by atoms with Gasteiger partial charge in [0.2, 0.25) is 0 Å². The van der Waals surface area contributed by atoms with Gasteiger partial charge in [0.1, 0.15) is 5.82 Å². The molecule has 1 aliphatic carbocycles. The molecule has 3 aliphatic rings. The van der Waals surface area contributed by atoms with Crippen LogP contribution >= 0.6 is 0 Å². The molecule has 3 heterocycles. The van der Waals surface area contributed by atoms with Gasteiger partial charge in [0.25, 0.3) is 0 Å². The maximum absolute atomic E-state index is 13.1. The van der Waals surface area contributed by atoms with Gasteiger partial charge in [-0.1, -0.05) is 0 Å². The first-order valence-corrected chi connectivity index (χ1v) is 5.09. The normalized spacial score (nSPS) is 35.8. The monoisotopic (exact) mass is 223 g/mol. The summed E-state index contributed by atoms with van der Waals surface area (Å²) in [6.45, 7) is 0.347. The number of carbonyl (C=O) groups is 1.